The van der Waals surface area contributed by atoms with Gasteiger partial charge in [0, 0.05) is 25.7 Å². The predicted octanol–water partition coefficient (Wildman–Crippen LogP) is 3.29. The number of hydrogen-bond acceptors (Lipinski definition) is 5. The number of anilines is 2. The Kier molecular flexibility index (Phi) is 6.34. The topological polar surface area (TPSA) is 80.5 Å². The molecule has 1 aliphatic heterocycles. The summed E-state index contributed by atoms with van der Waals surface area (Å²) in [5.41, 5.74) is 6.75. The lowest BCUT2D eigenvalue weighted by Gasteiger charge is -2.21. The first kappa shape index (κ1) is 19.9. The summed E-state index contributed by atoms with van der Waals surface area (Å²) in [7, 11) is 0. The third-order valence-corrected chi connectivity index (χ3v) is 5.01. The molecule has 6 nitrogen and oxygen atoms in total. The minimum atomic E-state index is -0.354. The molecule has 1 aromatic carbocycles. The van der Waals surface area contributed by atoms with E-state index in [1.807, 2.05) is 36.1 Å². The van der Waals surface area contributed by atoms with E-state index >= 15 is 0 Å². The fourth-order valence-electron chi connectivity index (χ4n) is 3.28. The number of nitrogens with two attached hydrogens (primary N) is 1. The molecule has 3 rings (SSSR count). The van der Waals surface area contributed by atoms with Gasteiger partial charge in [0.05, 0.1) is 18.2 Å². The largest absolute Gasteiger partial charge is 0.489 e. The number of amides is 1. The molecular weight excluding hydrogens is 359 g/mol. The van der Waals surface area contributed by atoms with E-state index in [2.05, 4.69) is 10.3 Å². The van der Waals surface area contributed by atoms with Gasteiger partial charge >= 0.3 is 0 Å². The first-order valence-electron chi connectivity index (χ1n) is 9.68. The molecule has 2 aromatic rings. The van der Waals surface area contributed by atoms with Crippen molar-refractivity contribution in [3.63, 3.8) is 0 Å². The van der Waals surface area contributed by atoms with Gasteiger partial charge in [-0.15, -0.1) is 0 Å². The Morgan fingerprint density at radius 1 is 1.39 bits per heavy atom. The van der Waals surface area contributed by atoms with Crippen molar-refractivity contribution in [2.24, 2.45) is 5.73 Å². The van der Waals surface area contributed by atoms with E-state index in [0.29, 0.717) is 24.6 Å². The molecule has 1 aromatic heterocycles. The third-order valence-electron chi connectivity index (χ3n) is 5.01. The molecule has 1 amide bonds. The highest BCUT2D eigenvalue weighted by molar-refractivity contribution is 5.81. The Morgan fingerprint density at radius 2 is 2.14 bits per heavy atom. The molecule has 2 heterocycles. The number of hydrogen-bond donors (Lipinski definition) is 2. The maximum Gasteiger partial charge on any atom is 0.224 e. The lowest BCUT2D eigenvalue weighted by Crippen LogP contribution is -2.25. The number of aromatic nitrogens is 1. The summed E-state index contributed by atoms with van der Waals surface area (Å²) >= 11 is 0. The van der Waals surface area contributed by atoms with E-state index < -0.39 is 0 Å². The van der Waals surface area contributed by atoms with Crippen LogP contribution in [0.5, 0.6) is 5.75 Å². The van der Waals surface area contributed by atoms with E-state index in [-0.39, 0.29) is 23.7 Å². The molecule has 1 aliphatic rings. The van der Waals surface area contributed by atoms with Gasteiger partial charge in [-0.25, -0.2) is 9.37 Å². The molecule has 7 heteroatoms. The number of rotatable bonds is 8. The number of ether oxygens (including phenoxy) is 1. The van der Waals surface area contributed by atoms with Crippen molar-refractivity contribution in [1.29, 1.82) is 0 Å². The Balaban J connectivity index is 1.62. The van der Waals surface area contributed by atoms with Crippen molar-refractivity contribution in [1.82, 2.24) is 4.98 Å². The molecule has 150 valence electrons. The van der Waals surface area contributed by atoms with Gasteiger partial charge in [-0.2, -0.15) is 0 Å². The van der Waals surface area contributed by atoms with Crippen LogP contribution in [0.15, 0.2) is 36.5 Å². The first-order chi connectivity index (χ1) is 13.5. The molecule has 2 atom stereocenters. The van der Waals surface area contributed by atoms with Crippen molar-refractivity contribution >= 4 is 17.4 Å². The molecule has 2 unspecified atom stereocenters. The fourth-order valence-corrected chi connectivity index (χ4v) is 3.28. The van der Waals surface area contributed by atoms with Gasteiger partial charge < -0.3 is 20.7 Å². The van der Waals surface area contributed by atoms with Gasteiger partial charge in [-0.05, 0) is 37.1 Å². The normalized spacial score (nSPS) is 17.4. The number of carbonyl (C=O) groups is 1. The van der Waals surface area contributed by atoms with E-state index in [4.69, 9.17) is 10.5 Å². The molecule has 0 aliphatic carbocycles. The van der Waals surface area contributed by atoms with Crippen LogP contribution in [0.2, 0.25) is 0 Å². The number of nitrogens with one attached hydrogen (secondary N) is 1. The monoisotopic (exact) mass is 386 g/mol. The average molecular weight is 386 g/mol. The van der Waals surface area contributed by atoms with Crippen molar-refractivity contribution in [2.45, 2.75) is 38.7 Å². The molecule has 3 N–H and O–H groups in total. The molecule has 1 fully saturated rings. The number of benzene rings is 1. The van der Waals surface area contributed by atoms with Crippen LogP contribution in [0.4, 0.5) is 15.9 Å². The van der Waals surface area contributed by atoms with Crippen LogP contribution in [0.3, 0.4) is 0 Å². The van der Waals surface area contributed by atoms with Gasteiger partial charge in [-0.1, -0.05) is 19.1 Å². The van der Waals surface area contributed by atoms with Crippen molar-refractivity contribution in [3.8, 4) is 5.75 Å². The minimum absolute atomic E-state index is 0.0287. The maximum atomic E-state index is 14.7. The van der Waals surface area contributed by atoms with Gasteiger partial charge in [0.25, 0.3) is 0 Å². The molecule has 1 saturated heterocycles. The smallest absolute Gasteiger partial charge is 0.224 e. The fraction of sp³-hybridized carbons (Fsp3) is 0.429. The van der Waals surface area contributed by atoms with Crippen molar-refractivity contribution in [3.05, 3.63) is 47.9 Å². The summed E-state index contributed by atoms with van der Waals surface area (Å²) < 4.78 is 20.8. The zero-order chi connectivity index (χ0) is 20.1. The number of pyridine rings is 1. The van der Waals surface area contributed by atoms with Crippen LogP contribution in [-0.4, -0.2) is 36.6 Å². The SMILES string of the molecule is CCCNc1nccc(N2CCC(Oc3ccc(C(C)C(N)=O)cc3)C2)c1F. The lowest BCUT2D eigenvalue weighted by molar-refractivity contribution is -0.119. The third kappa shape index (κ3) is 4.52. The van der Waals surface area contributed by atoms with Gasteiger partial charge in [0.15, 0.2) is 11.6 Å². The zero-order valence-corrected chi connectivity index (χ0v) is 16.3. The van der Waals surface area contributed by atoms with Crippen LogP contribution < -0.4 is 20.7 Å². The minimum Gasteiger partial charge on any atom is -0.489 e. The quantitative estimate of drug-likeness (QED) is 0.728. The van der Waals surface area contributed by atoms with Crippen LogP contribution in [-0.2, 0) is 4.79 Å². The van der Waals surface area contributed by atoms with Gasteiger partial charge in [-0.3, -0.25) is 4.79 Å². The Labute approximate surface area is 164 Å². The summed E-state index contributed by atoms with van der Waals surface area (Å²) in [5, 5.41) is 3.02. The highest BCUT2D eigenvalue weighted by Gasteiger charge is 2.27. The summed E-state index contributed by atoms with van der Waals surface area (Å²) in [5.74, 6) is 0.0190. The second kappa shape index (κ2) is 8.91. The first-order valence-corrected chi connectivity index (χ1v) is 9.68. The average Bonchev–Trinajstić information content (AvgIpc) is 3.15. The second-order valence-electron chi connectivity index (χ2n) is 7.09. The maximum absolute atomic E-state index is 14.7. The number of carbonyl (C=O) groups excluding carboxylic acids is 1. The van der Waals surface area contributed by atoms with Gasteiger partial charge in [0.2, 0.25) is 5.91 Å². The van der Waals surface area contributed by atoms with E-state index in [0.717, 1.165) is 30.7 Å². The lowest BCUT2D eigenvalue weighted by atomic mass is 10.0. The van der Waals surface area contributed by atoms with Crippen molar-refractivity contribution in [2.75, 3.05) is 29.9 Å². The Hall–Kier alpha value is -2.83. The van der Waals surface area contributed by atoms with Crippen LogP contribution >= 0.6 is 0 Å². The van der Waals surface area contributed by atoms with E-state index in [1.165, 1.54) is 0 Å². The second-order valence-corrected chi connectivity index (χ2v) is 7.09. The number of halogens is 1. The molecule has 0 bridgehead atoms. The highest BCUT2D eigenvalue weighted by atomic mass is 19.1. The Bertz CT molecular complexity index is 813. The highest BCUT2D eigenvalue weighted by Crippen LogP contribution is 2.29. The standard InChI is InChI=1S/C21H27FN4O2/c1-3-10-24-21-19(22)18(8-11-25-21)26-12-9-17(13-26)28-16-6-4-15(5-7-16)14(2)20(23)27/h4-8,11,14,17H,3,9-10,12-13H2,1-2H3,(H2,23,27)(H,24,25). The van der Waals surface area contributed by atoms with E-state index in [9.17, 15) is 9.18 Å². The number of primary amides is 1. The van der Waals surface area contributed by atoms with E-state index in [1.54, 1.807) is 19.2 Å². The molecule has 0 radical (unpaired) electrons. The molecule has 0 saturated carbocycles. The van der Waals surface area contributed by atoms with Crippen molar-refractivity contribution < 1.29 is 13.9 Å². The predicted molar refractivity (Wildman–Crippen MR) is 108 cm³/mol. The summed E-state index contributed by atoms with van der Waals surface area (Å²) in [6.45, 7) is 5.81. The van der Waals surface area contributed by atoms with Crippen LogP contribution in [0.25, 0.3) is 0 Å². The summed E-state index contributed by atoms with van der Waals surface area (Å²) in [4.78, 5) is 17.4. The van der Waals surface area contributed by atoms with Gasteiger partial charge in [0.1, 0.15) is 11.9 Å². The number of nitrogens with zero attached hydrogens (tertiary/aromatic N) is 2. The van der Waals surface area contributed by atoms with Crippen LogP contribution in [0, 0.1) is 5.82 Å². The Morgan fingerprint density at radius 3 is 2.82 bits per heavy atom. The molecular formula is C21H27FN4O2. The molecule has 28 heavy (non-hydrogen) atoms. The molecule has 0 spiro atoms. The summed E-state index contributed by atoms with van der Waals surface area (Å²) in [6, 6.07) is 9.10. The summed E-state index contributed by atoms with van der Waals surface area (Å²) in [6.07, 6.45) is 3.31. The zero-order valence-electron chi connectivity index (χ0n) is 16.3. The van der Waals surface area contributed by atoms with Crippen LogP contribution in [0.1, 0.15) is 38.2 Å².